The van der Waals surface area contributed by atoms with Gasteiger partial charge < -0.3 is 0 Å². The average molecular weight is 288 g/mol. The summed E-state index contributed by atoms with van der Waals surface area (Å²) in [5.41, 5.74) is 8.18. The normalized spacial score (nSPS) is 20.4. The van der Waals surface area contributed by atoms with E-state index in [0.29, 0.717) is 5.92 Å². The summed E-state index contributed by atoms with van der Waals surface area (Å²) in [5, 5.41) is 0. The molecule has 0 spiro atoms. The van der Waals surface area contributed by atoms with Crippen LogP contribution in [0.5, 0.6) is 0 Å². The maximum Gasteiger partial charge on any atom is -0.0108 e. The highest BCUT2D eigenvalue weighted by molar-refractivity contribution is 5.78. The lowest BCUT2D eigenvalue weighted by molar-refractivity contribution is 0.780. The smallest absolute Gasteiger partial charge is 0.0108 e. The number of allylic oxidation sites excluding steroid dienone is 3. The molecule has 0 radical (unpaired) electrons. The van der Waals surface area contributed by atoms with Gasteiger partial charge in [-0.3, -0.25) is 0 Å². The summed E-state index contributed by atoms with van der Waals surface area (Å²) in [4.78, 5) is 0. The largest absolute Gasteiger partial charge is 0.0876 e. The summed E-state index contributed by atoms with van der Waals surface area (Å²) in [6, 6.07) is 13.7. The van der Waals surface area contributed by atoms with E-state index < -0.39 is 0 Å². The van der Waals surface area contributed by atoms with Gasteiger partial charge in [-0.2, -0.15) is 0 Å². The molecule has 22 heavy (non-hydrogen) atoms. The molecule has 2 aromatic rings. The molecule has 0 nitrogen and oxygen atoms in total. The van der Waals surface area contributed by atoms with Crippen molar-refractivity contribution in [3.63, 3.8) is 0 Å². The quantitative estimate of drug-likeness (QED) is 0.489. The van der Waals surface area contributed by atoms with Gasteiger partial charge >= 0.3 is 0 Å². The van der Waals surface area contributed by atoms with E-state index in [9.17, 15) is 0 Å². The van der Waals surface area contributed by atoms with Crippen LogP contribution in [0.1, 0.15) is 47.9 Å². The Bertz CT molecular complexity index is 732. The SMILES string of the molecule is Cc1ccc2c(c1)/C=C\C/C=C\C[C@@H](C)c1cc(C)ccc1-2. The Hall–Kier alpha value is -2.08. The van der Waals surface area contributed by atoms with E-state index in [1.54, 1.807) is 0 Å². The lowest BCUT2D eigenvalue weighted by atomic mass is 9.86. The van der Waals surface area contributed by atoms with E-state index in [0.717, 1.165) is 12.8 Å². The predicted molar refractivity (Wildman–Crippen MR) is 97.2 cm³/mol. The molecule has 1 aliphatic rings. The van der Waals surface area contributed by atoms with Gasteiger partial charge in [0.25, 0.3) is 0 Å². The summed E-state index contributed by atoms with van der Waals surface area (Å²) >= 11 is 0. The van der Waals surface area contributed by atoms with Crippen molar-refractivity contribution in [2.75, 3.05) is 0 Å². The molecule has 3 rings (SSSR count). The summed E-state index contributed by atoms with van der Waals surface area (Å²) in [6.45, 7) is 6.68. The lowest BCUT2D eigenvalue weighted by Crippen LogP contribution is -1.98. The number of hydrogen-bond donors (Lipinski definition) is 0. The maximum atomic E-state index is 2.36. The fourth-order valence-electron chi connectivity index (χ4n) is 3.20. The predicted octanol–water partition coefficient (Wildman–Crippen LogP) is 6.44. The standard InChI is InChI=1S/C22H24/c1-16-10-12-20-19(14-16)9-7-5-4-6-8-18(3)22-15-17(2)11-13-21(20)22/h4,6-7,9-15,18H,5,8H2,1-3H3/b6-4-,9-7-/t18-/m1/s1. The maximum absolute atomic E-state index is 2.36. The van der Waals surface area contributed by atoms with Gasteiger partial charge in [-0.25, -0.2) is 0 Å². The molecule has 0 saturated heterocycles. The van der Waals surface area contributed by atoms with Crippen LogP contribution in [0.3, 0.4) is 0 Å². The minimum atomic E-state index is 0.540. The first-order chi connectivity index (χ1) is 10.6. The molecular weight excluding hydrogens is 264 g/mol. The molecule has 0 amide bonds. The van der Waals surface area contributed by atoms with E-state index in [1.807, 2.05) is 0 Å². The van der Waals surface area contributed by atoms with Crippen molar-refractivity contribution in [3.05, 3.63) is 76.9 Å². The summed E-state index contributed by atoms with van der Waals surface area (Å²) < 4.78 is 0. The van der Waals surface area contributed by atoms with Gasteiger partial charge in [0, 0.05) is 0 Å². The first kappa shape index (κ1) is 14.8. The molecule has 0 unspecified atom stereocenters. The number of aryl methyl sites for hydroxylation is 2. The Morgan fingerprint density at radius 3 is 2.36 bits per heavy atom. The molecule has 0 heterocycles. The van der Waals surface area contributed by atoms with Crippen LogP contribution < -0.4 is 0 Å². The van der Waals surface area contributed by atoms with Crippen LogP contribution in [-0.4, -0.2) is 0 Å². The third-order valence-electron chi connectivity index (χ3n) is 4.46. The zero-order valence-corrected chi connectivity index (χ0v) is 13.8. The van der Waals surface area contributed by atoms with Gasteiger partial charge in [0.15, 0.2) is 0 Å². The van der Waals surface area contributed by atoms with E-state index in [4.69, 9.17) is 0 Å². The monoisotopic (exact) mass is 288 g/mol. The fourth-order valence-corrected chi connectivity index (χ4v) is 3.20. The molecule has 0 bridgehead atoms. The summed E-state index contributed by atoms with van der Waals surface area (Å²) in [6.07, 6.45) is 11.2. The van der Waals surface area contributed by atoms with E-state index >= 15 is 0 Å². The minimum absolute atomic E-state index is 0.540. The second-order valence-electron chi connectivity index (χ2n) is 6.43. The van der Waals surface area contributed by atoms with E-state index in [-0.39, 0.29) is 0 Å². The molecule has 0 aliphatic heterocycles. The van der Waals surface area contributed by atoms with Crippen molar-refractivity contribution in [2.24, 2.45) is 0 Å². The zero-order chi connectivity index (χ0) is 15.5. The van der Waals surface area contributed by atoms with Crippen molar-refractivity contribution in [1.29, 1.82) is 0 Å². The fraction of sp³-hybridized carbons (Fsp3) is 0.273. The average Bonchev–Trinajstić information content (AvgIpc) is 2.53. The summed E-state index contributed by atoms with van der Waals surface area (Å²) in [7, 11) is 0. The van der Waals surface area contributed by atoms with Crippen molar-refractivity contribution < 1.29 is 0 Å². The highest BCUT2D eigenvalue weighted by Crippen LogP contribution is 2.35. The van der Waals surface area contributed by atoms with Crippen LogP contribution in [0, 0.1) is 13.8 Å². The molecular formula is C22H24. The molecule has 1 atom stereocenters. The number of rotatable bonds is 0. The van der Waals surface area contributed by atoms with Crippen molar-refractivity contribution in [3.8, 4) is 11.1 Å². The topological polar surface area (TPSA) is 0 Å². The molecule has 0 aromatic heterocycles. The first-order valence-corrected chi connectivity index (χ1v) is 8.18. The molecule has 0 saturated carbocycles. The molecule has 1 aliphatic carbocycles. The Kier molecular flexibility index (Phi) is 4.29. The van der Waals surface area contributed by atoms with Crippen LogP contribution in [0.15, 0.2) is 54.6 Å². The zero-order valence-electron chi connectivity index (χ0n) is 13.8. The van der Waals surface area contributed by atoms with Crippen LogP contribution in [0.25, 0.3) is 17.2 Å². The van der Waals surface area contributed by atoms with E-state index in [1.165, 1.54) is 33.4 Å². The van der Waals surface area contributed by atoms with Gasteiger partial charge in [0.1, 0.15) is 0 Å². The third kappa shape index (κ3) is 3.06. The van der Waals surface area contributed by atoms with Gasteiger partial charge in [0.05, 0.1) is 0 Å². The number of benzene rings is 2. The summed E-state index contributed by atoms with van der Waals surface area (Å²) in [5.74, 6) is 0.540. The Morgan fingerprint density at radius 1 is 0.818 bits per heavy atom. The van der Waals surface area contributed by atoms with Crippen LogP contribution in [0.4, 0.5) is 0 Å². The van der Waals surface area contributed by atoms with Crippen molar-refractivity contribution >= 4 is 6.08 Å². The van der Waals surface area contributed by atoms with Gasteiger partial charge in [-0.15, -0.1) is 0 Å². The molecule has 2 aromatic carbocycles. The van der Waals surface area contributed by atoms with Crippen LogP contribution >= 0.6 is 0 Å². The second-order valence-corrected chi connectivity index (χ2v) is 6.43. The van der Waals surface area contributed by atoms with Crippen molar-refractivity contribution in [1.82, 2.24) is 0 Å². The first-order valence-electron chi connectivity index (χ1n) is 8.18. The van der Waals surface area contributed by atoms with Crippen molar-refractivity contribution in [2.45, 2.75) is 39.5 Å². The third-order valence-corrected chi connectivity index (χ3v) is 4.46. The van der Waals surface area contributed by atoms with Crippen LogP contribution in [0.2, 0.25) is 0 Å². The molecule has 112 valence electrons. The van der Waals surface area contributed by atoms with Gasteiger partial charge in [-0.1, -0.05) is 78.8 Å². The molecule has 0 fully saturated rings. The highest BCUT2D eigenvalue weighted by Gasteiger charge is 2.14. The number of hydrogen-bond acceptors (Lipinski definition) is 0. The van der Waals surface area contributed by atoms with Gasteiger partial charge in [0.2, 0.25) is 0 Å². The second kappa shape index (κ2) is 6.36. The molecule has 0 heteroatoms. The Labute approximate surface area is 134 Å². The number of fused-ring (bicyclic) bond motifs is 3. The Balaban J connectivity index is 2.25. The minimum Gasteiger partial charge on any atom is -0.0876 e. The van der Waals surface area contributed by atoms with Gasteiger partial charge in [-0.05, 0) is 54.9 Å². The van der Waals surface area contributed by atoms with E-state index in [2.05, 4.69) is 81.5 Å². The lowest BCUT2D eigenvalue weighted by Gasteiger charge is -2.18. The van der Waals surface area contributed by atoms with Crippen LogP contribution in [-0.2, 0) is 0 Å². The Morgan fingerprint density at radius 2 is 1.55 bits per heavy atom. The highest BCUT2D eigenvalue weighted by atomic mass is 14.2. The molecule has 0 N–H and O–H groups in total.